The first-order chi connectivity index (χ1) is 11.5. The number of ether oxygens (including phenoxy) is 1. The van der Waals surface area contributed by atoms with E-state index in [4.69, 9.17) is 4.74 Å². The lowest BCUT2D eigenvalue weighted by atomic mass is 10.2. The number of hydrogen-bond acceptors (Lipinski definition) is 7. The van der Waals surface area contributed by atoms with Crippen LogP contribution in [-0.2, 0) is 16.2 Å². The fourth-order valence-electron chi connectivity index (χ4n) is 1.82. The van der Waals surface area contributed by atoms with E-state index in [1.54, 1.807) is 36.4 Å². The molecule has 8 heteroatoms. The Kier molecular flexibility index (Phi) is 5.91. The van der Waals surface area contributed by atoms with Crippen LogP contribution >= 0.6 is 11.8 Å². The molecule has 0 fully saturated rings. The van der Waals surface area contributed by atoms with Gasteiger partial charge in [-0.05, 0) is 29.8 Å². The summed E-state index contributed by atoms with van der Waals surface area (Å²) in [6.07, 6.45) is 0. The molecule has 24 heavy (non-hydrogen) atoms. The van der Waals surface area contributed by atoms with Crippen molar-refractivity contribution in [1.82, 2.24) is 0 Å². The van der Waals surface area contributed by atoms with E-state index in [1.807, 2.05) is 0 Å². The number of rotatable bonds is 6. The van der Waals surface area contributed by atoms with E-state index in [9.17, 15) is 19.7 Å². The van der Waals surface area contributed by atoms with Crippen molar-refractivity contribution in [2.45, 2.75) is 18.4 Å². The average Bonchev–Trinajstić information content (AvgIpc) is 2.54. The van der Waals surface area contributed by atoms with E-state index in [1.165, 1.54) is 19.1 Å². The SMILES string of the molecule is CC(=O)Sc1ccccc1C(=O)Oc1ccc(CO[N+](=O)[O-])cc1. The molecule has 0 heterocycles. The Morgan fingerprint density at radius 1 is 1.12 bits per heavy atom. The summed E-state index contributed by atoms with van der Waals surface area (Å²) in [7, 11) is 0. The van der Waals surface area contributed by atoms with Crippen molar-refractivity contribution in [2.75, 3.05) is 0 Å². The standard InChI is InChI=1S/C16H13NO6S/c1-11(18)24-15-5-3-2-4-14(15)16(19)23-13-8-6-12(7-9-13)10-22-17(20)21/h2-9H,10H2,1H3. The molecule has 7 nitrogen and oxygen atoms in total. The highest BCUT2D eigenvalue weighted by atomic mass is 32.2. The van der Waals surface area contributed by atoms with Crippen molar-refractivity contribution in [2.24, 2.45) is 0 Å². The molecule has 2 rings (SSSR count). The molecule has 0 atom stereocenters. The normalized spacial score (nSPS) is 10.0. The molecule has 0 bridgehead atoms. The zero-order chi connectivity index (χ0) is 17.5. The summed E-state index contributed by atoms with van der Waals surface area (Å²) in [6, 6.07) is 12.8. The molecule has 0 aliphatic carbocycles. The Hall–Kier alpha value is -2.87. The van der Waals surface area contributed by atoms with E-state index in [0.29, 0.717) is 16.0 Å². The topological polar surface area (TPSA) is 95.7 Å². The maximum Gasteiger partial charge on any atom is 0.344 e. The molecule has 0 aliphatic heterocycles. The number of benzene rings is 2. The van der Waals surface area contributed by atoms with Gasteiger partial charge < -0.3 is 9.57 Å². The number of carbonyl (C=O) groups is 2. The van der Waals surface area contributed by atoms with Crippen molar-refractivity contribution >= 4 is 22.8 Å². The smallest absolute Gasteiger partial charge is 0.344 e. The maximum atomic E-state index is 12.3. The fourth-order valence-corrected chi connectivity index (χ4v) is 2.54. The minimum Gasteiger partial charge on any atom is -0.423 e. The van der Waals surface area contributed by atoms with Crippen molar-refractivity contribution < 1.29 is 24.3 Å². The third-order valence-corrected chi connectivity index (χ3v) is 3.69. The van der Waals surface area contributed by atoms with Gasteiger partial charge in [0, 0.05) is 11.8 Å². The average molecular weight is 347 g/mol. The lowest BCUT2D eigenvalue weighted by Crippen LogP contribution is -2.10. The summed E-state index contributed by atoms with van der Waals surface area (Å²) in [5.74, 6) is -0.305. The van der Waals surface area contributed by atoms with Crippen LogP contribution in [0.5, 0.6) is 5.75 Å². The molecule has 2 aromatic carbocycles. The first kappa shape index (κ1) is 17.5. The lowest BCUT2D eigenvalue weighted by molar-refractivity contribution is -0.763. The van der Waals surface area contributed by atoms with E-state index in [0.717, 1.165) is 11.8 Å². The van der Waals surface area contributed by atoms with Crippen LogP contribution in [0.3, 0.4) is 0 Å². The van der Waals surface area contributed by atoms with Gasteiger partial charge in [0.05, 0.1) is 5.56 Å². The van der Waals surface area contributed by atoms with Crippen molar-refractivity contribution in [3.63, 3.8) is 0 Å². The van der Waals surface area contributed by atoms with Gasteiger partial charge in [0.25, 0.3) is 5.09 Å². The first-order valence-electron chi connectivity index (χ1n) is 6.81. The van der Waals surface area contributed by atoms with E-state index < -0.39 is 11.1 Å². The van der Waals surface area contributed by atoms with Crippen LogP contribution < -0.4 is 4.74 Å². The van der Waals surface area contributed by atoms with Gasteiger partial charge >= 0.3 is 5.97 Å². The van der Waals surface area contributed by atoms with Gasteiger partial charge in [-0.25, -0.2) is 4.79 Å². The number of carbonyl (C=O) groups excluding carboxylic acids is 2. The van der Waals surface area contributed by atoms with Crippen LogP contribution in [0.1, 0.15) is 22.8 Å². The second-order valence-electron chi connectivity index (χ2n) is 4.62. The summed E-state index contributed by atoms with van der Waals surface area (Å²) in [6.45, 7) is 1.23. The van der Waals surface area contributed by atoms with Gasteiger partial charge in [-0.15, -0.1) is 10.1 Å². The van der Waals surface area contributed by atoms with Crippen molar-refractivity contribution in [1.29, 1.82) is 0 Å². The van der Waals surface area contributed by atoms with Crippen molar-refractivity contribution in [3.8, 4) is 5.75 Å². The summed E-state index contributed by atoms with van der Waals surface area (Å²) >= 11 is 0.956. The van der Waals surface area contributed by atoms with Crippen LogP contribution in [-0.4, -0.2) is 16.2 Å². The third kappa shape index (κ3) is 5.10. The van der Waals surface area contributed by atoms with Gasteiger partial charge in [0.2, 0.25) is 0 Å². The van der Waals surface area contributed by atoms with Crippen LogP contribution in [0, 0.1) is 10.1 Å². The highest BCUT2D eigenvalue weighted by molar-refractivity contribution is 8.13. The van der Waals surface area contributed by atoms with Crippen LogP contribution in [0.4, 0.5) is 0 Å². The highest BCUT2D eigenvalue weighted by Crippen LogP contribution is 2.24. The summed E-state index contributed by atoms with van der Waals surface area (Å²) < 4.78 is 5.26. The van der Waals surface area contributed by atoms with Crippen molar-refractivity contribution in [3.05, 3.63) is 69.8 Å². The Balaban J connectivity index is 2.07. The van der Waals surface area contributed by atoms with E-state index in [2.05, 4.69) is 4.84 Å². The van der Waals surface area contributed by atoms with Crippen LogP contribution in [0.25, 0.3) is 0 Å². The van der Waals surface area contributed by atoms with Gasteiger partial charge in [0.1, 0.15) is 12.4 Å². The van der Waals surface area contributed by atoms with Gasteiger partial charge in [-0.2, -0.15) is 0 Å². The molecule has 0 N–H and O–H groups in total. The largest absolute Gasteiger partial charge is 0.423 e. The molecule has 0 saturated heterocycles. The molecule has 0 spiro atoms. The van der Waals surface area contributed by atoms with Crippen LogP contribution in [0.2, 0.25) is 0 Å². The van der Waals surface area contributed by atoms with Gasteiger partial charge in [-0.1, -0.05) is 36.0 Å². The molecule has 124 valence electrons. The molecular weight excluding hydrogens is 334 g/mol. The number of esters is 1. The Labute approximate surface area is 141 Å². The lowest BCUT2D eigenvalue weighted by Gasteiger charge is -2.08. The monoisotopic (exact) mass is 347 g/mol. The molecule has 0 amide bonds. The summed E-state index contributed by atoms with van der Waals surface area (Å²) in [5, 5.41) is 9.13. The Bertz CT molecular complexity index is 759. The summed E-state index contributed by atoms with van der Waals surface area (Å²) in [5.41, 5.74) is 0.859. The minimum atomic E-state index is -0.877. The fraction of sp³-hybridized carbons (Fsp3) is 0.125. The van der Waals surface area contributed by atoms with E-state index >= 15 is 0 Å². The molecular formula is C16H13NO6S. The number of hydrogen-bond donors (Lipinski definition) is 0. The second-order valence-corrected chi connectivity index (χ2v) is 5.84. The van der Waals surface area contributed by atoms with Gasteiger partial charge in [-0.3, -0.25) is 4.79 Å². The molecule has 0 unspecified atom stereocenters. The zero-order valence-electron chi connectivity index (χ0n) is 12.6. The van der Waals surface area contributed by atoms with Gasteiger partial charge in [0.15, 0.2) is 5.12 Å². The molecule has 0 aliphatic rings. The Morgan fingerprint density at radius 2 is 1.79 bits per heavy atom. The quantitative estimate of drug-likeness (QED) is 0.260. The first-order valence-corrected chi connectivity index (χ1v) is 7.63. The molecule has 2 aromatic rings. The van der Waals surface area contributed by atoms with Crippen LogP contribution in [0.15, 0.2) is 53.4 Å². The summed E-state index contributed by atoms with van der Waals surface area (Å²) in [4.78, 5) is 38.4. The zero-order valence-corrected chi connectivity index (χ0v) is 13.4. The van der Waals surface area contributed by atoms with E-state index in [-0.39, 0.29) is 17.5 Å². The highest BCUT2D eigenvalue weighted by Gasteiger charge is 2.15. The molecule has 0 saturated carbocycles. The predicted molar refractivity (Wildman–Crippen MR) is 86.2 cm³/mol. The molecule has 0 aromatic heterocycles. The third-order valence-electron chi connectivity index (χ3n) is 2.83. The minimum absolute atomic E-state index is 0.134. The maximum absolute atomic E-state index is 12.3. The molecule has 0 radical (unpaired) electrons. The number of thioether (sulfide) groups is 1. The predicted octanol–water partition coefficient (Wildman–Crippen LogP) is 3.25. The second kappa shape index (κ2) is 8.11. The number of nitrogens with zero attached hydrogens (tertiary/aromatic N) is 1. The Morgan fingerprint density at radius 3 is 2.42 bits per heavy atom.